The van der Waals surface area contributed by atoms with E-state index in [1.54, 1.807) is 6.07 Å². The Morgan fingerprint density at radius 3 is 2.44 bits per heavy atom. The summed E-state index contributed by atoms with van der Waals surface area (Å²) in [5.74, 6) is 0. The van der Waals surface area contributed by atoms with Crippen LogP contribution in [-0.2, 0) is 0 Å². The molecule has 0 aliphatic heterocycles. The van der Waals surface area contributed by atoms with E-state index in [1.165, 1.54) is 12.1 Å². The molecule has 5 heteroatoms. The molecule has 5 nitrogen and oxygen atoms in total. The second kappa shape index (κ2) is 5.25. The number of non-ortho nitro benzene ring substituents is 1. The van der Waals surface area contributed by atoms with Crippen molar-refractivity contribution in [1.29, 1.82) is 0 Å². The van der Waals surface area contributed by atoms with Crippen LogP contribution < -0.4 is 4.90 Å². The highest BCUT2D eigenvalue weighted by Gasteiger charge is 2.13. The molecule has 0 aromatic heterocycles. The molecule has 1 rings (SSSR count). The molecule has 0 fully saturated rings. The summed E-state index contributed by atoms with van der Waals surface area (Å²) < 4.78 is 0. The minimum atomic E-state index is -0.501. The number of benzene rings is 1. The van der Waals surface area contributed by atoms with Crippen LogP contribution in [0.25, 0.3) is 0 Å². The molecule has 0 spiro atoms. The van der Waals surface area contributed by atoms with Crippen molar-refractivity contribution < 1.29 is 9.72 Å². The maximum absolute atomic E-state index is 10.9. The van der Waals surface area contributed by atoms with Crippen molar-refractivity contribution in [2.45, 2.75) is 13.8 Å². The van der Waals surface area contributed by atoms with Crippen molar-refractivity contribution in [3.63, 3.8) is 0 Å². The Kier molecular flexibility index (Phi) is 3.99. The number of carbonyl (C=O) groups is 1. The molecule has 86 valence electrons. The fourth-order valence-corrected chi connectivity index (χ4v) is 1.60. The molecule has 0 bridgehead atoms. The fourth-order valence-electron chi connectivity index (χ4n) is 1.60. The van der Waals surface area contributed by atoms with E-state index in [-0.39, 0.29) is 5.69 Å². The van der Waals surface area contributed by atoms with Crippen molar-refractivity contribution in [1.82, 2.24) is 0 Å². The number of anilines is 1. The molecule has 0 radical (unpaired) electrons. The van der Waals surface area contributed by atoms with Gasteiger partial charge in [-0.2, -0.15) is 0 Å². The van der Waals surface area contributed by atoms with Crippen LogP contribution in [0.5, 0.6) is 0 Å². The Morgan fingerprint density at radius 2 is 2.00 bits per heavy atom. The normalized spacial score (nSPS) is 9.88. The molecular formula is C11H14N2O3. The van der Waals surface area contributed by atoms with Gasteiger partial charge in [0.05, 0.1) is 4.92 Å². The molecule has 1 aromatic carbocycles. The average Bonchev–Trinajstić information content (AvgIpc) is 2.30. The van der Waals surface area contributed by atoms with E-state index < -0.39 is 4.92 Å². The molecule has 0 saturated heterocycles. The Hall–Kier alpha value is -1.91. The average molecular weight is 222 g/mol. The number of aldehydes is 1. The number of nitro benzene ring substituents is 1. The summed E-state index contributed by atoms with van der Waals surface area (Å²) in [7, 11) is 0. The molecule has 0 N–H and O–H groups in total. The Balaban J connectivity index is 3.20. The molecule has 0 aliphatic rings. The van der Waals surface area contributed by atoms with E-state index in [2.05, 4.69) is 0 Å². The molecule has 0 saturated carbocycles. The third-order valence-electron chi connectivity index (χ3n) is 2.45. The van der Waals surface area contributed by atoms with Gasteiger partial charge in [-0.1, -0.05) is 0 Å². The van der Waals surface area contributed by atoms with E-state index in [0.29, 0.717) is 11.8 Å². The zero-order valence-corrected chi connectivity index (χ0v) is 9.34. The highest BCUT2D eigenvalue weighted by atomic mass is 16.6. The van der Waals surface area contributed by atoms with Crippen molar-refractivity contribution in [2.24, 2.45) is 0 Å². The molecule has 0 atom stereocenters. The molecular weight excluding hydrogens is 208 g/mol. The number of hydrogen-bond donors (Lipinski definition) is 0. The van der Waals surface area contributed by atoms with Crippen LogP contribution in [0.15, 0.2) is 18.2 Å². The van der Waals surface area contributed by atoms with Gasteiger partial charge in [-0.3, -0.25) is 14.9 Å². The molecule has 0 heterocycles. The topological polar surface area (TPSA) is 63.4 Å². The third kappa shape index (κ3) is 2.36. The smallest absolute Gasteiger partial charge is 0.270 e. The van der Waals surface area contributed by atoms with Gasteiger partial charge in [0.2, 0.25) is 0 Å². The summed E-state index contributed by atoms with van der Waals surface area (Å²) in [4.78, 5) is 22.9. The lowest BCUT2D eigenvalue weighted by Gasteiger charge is -2.22. The van der Waals surface area contributed by atoms with Crippen LogP contribution >= 0.6 is 0 Å². The lowest BCUT2D eigenvalue weighted by atomic mass is 10.1. The first-order chi connectivity index (χ1) is 7.63. The SMILES string of the molecule is CCN(CC)c1ccc([N+](=O)[O-])cc1C=O. The Morgan fingerprint density at radius 1 is 1.38 bits per heavy atom. The van der Waals surface area contributed by atoms with Gasteiger partial charge < -0.3 is 4.90 Å². The maximum Gasteiger partial charge on any atom is 0.270 e. The lowest BCUT2D eigenvalue weighted by Crippen LogP contribution is -2.23. The van der Waals surface area contributed by atoms with Gasteiger partial charge in [0, 0.05) is 36.5 Å². The maximum atomic E-state index is 10.9. The van der Waals surface area contributed by atoms with E-state index >= 15 is 0 Å². The van der Waals surface area contributed by atoms with E-state index in [9.17, 15) is 14.9 Å². The fraction of sp³-hybridized carbons (Fsp3) is 0.364. The van der Waals surface area contributed by atoms with Crippen LogP contribution in [0.4, 0.5) is 11.4 Å². The molecule has 1 aromatic rings. The largest absolute Gasteiger partial charge is 0.372 e. The summed E-state index contributed by atoms with van der Waals surface area (Å²) >= 11 is 0. The van der Waals surface area contributed by atoms with Gasteiger partial charge in [-0.15, -0.1) is 0 Å². The summed E-state index contributed by atoms with van der Waals surface area (Å²) in [6, 6.07) is 4.34. The van der Waals surface area contributed by atoms with Gasteiger partial charge >= 0.3 is 0 Å². The third-order valence-corrected chi connectivity index (χ3v) is 2.45. The predicted octanol–water partition coefficient (Wildman–Crippen LogP) is 2.25. The van der Waals surface area contributed by atoms with Crippen molar-refractivity contribution >= 4 is 17.7 Å². The first-order valence-electron chi connectivity index (χ1n) is 5.12. The monoisotopic (exact) mass is 222 g/mol. The van der Waals surface area contributed by atoms with Crippen LogP contribution in [0, 0.1) is 10.1 Å². The van der Waals surface area contributed by atoms with Crippen molar-refractivity contribution in [3.05, 3.63) is 33.9 Å². The molecule has 16 heavy (non-hydrogen) atoms. The second-order valence-corrected chi connectivity index (χ2v) is 3.29. The standard InChI is InChI=1S/C11H14N2O3/c1-3-12(4-2)11-6-5-10(13(15)16)7-9(11)8-14/h5-8H,3-4H2,1-2H3. The van der Waals surface area contributed by atoms with E-state index in [1.807, 2.05) is 18.7 Å². The summed E-state index contributed by atoms with van der Waals surface area (Å²) in [5.41, 5.74) is 1.04. The second-order valence-electron chi connectivity index (χ2n) is 3.29. The molecule has 0 amide bonds. The minimum Gasteiger partial charge on any atom is -0.372 e. The summed E-state index contributed by atoms with van der Waals surface area (Å²) in [6.07, 6.45) is 0.653. The summed E-state index contributed by atoms with van der Waals surface area (Å²) in [5, 5.41) is 10.6. The first-order valence-corrected chi connectivity index (χ1v) is 5.12. The quantitative estimate of drug-likeness (QED) is 0.435. The van der Waals surface area contributed by atoms with E-state index in [4.69, 9.17) is 0 Å². The predicted molar refractivity (Wildman–Crippen MR) is 62.0 cm³/mol. The van der Waals surface area contributed by atoms with Gasteiger partial charge in [-0.25, -0.2) is 0 Å². The van der Waals surface area contributed by atoms with Crippen molar-refractivity contribution in [2.75, 3.05) is 18.0 Å². The van der Waals surface area contributed by atoms with Gasteiger partial charge in [0.1, 0.15) is 0 Å². The highest BCUT2D eigenvalue weighted by molar-refractivity contribution is 5.85. The Bertz CT molecular complexity index is 400. The number of nitro groups is 1. The highest BCUT2D eigenvalue weighted by Crippen LogP contribution is 2.23. The van der Waals surface area contributed by atoms with Crippen LogP contribution in [-0.4, -0.2) is 24.3 Å². The molecule has 0 aliphatic carbocycles. The Labute approximate surface area is 93.8 Å². The number of carbonyl (C=O) groups excluding carboxylic acids is 1. The zero-order valence-electron chi connectivity index (χ0n) is 9.34. The number of rotatable bonds is 5. The van der Waals surface area contributed by atoms with Gasteiger partial charge in [-0.05, 0) is 19.9 Å². The van der Waals surface area contributed by atoms with Gasteiger partial charge in [0.25, 0.3) is 5.69 Å². The van der Waals surface area contributed by atoms with Crippen LogP contribution in [0.1, 0.15) is 24.2 Å². The molecule has 0 unspecified atom stereocenters. The van der Waals surface area contributed by atoms with Crippen LogP contribution in [0.3, 0.4) is 0 Å². The lowest BCUT2D eigenvalue weighted by molar-refractivity contribution is -0.384. The summed E-state index contributed by atoms with van der Waals surface area (Å²) in [6.45, 7) is 5.46. The van der Waals surface area contributed by atoms with Crippen molar-refractivity contribution in [3.8, 4) is 0 Å². The van der Waals surface area contributed by atoms with Gasteiger partial charge in [0.15, 0.2) is 6.29 Å². The minimum absolute atomic E-state index is 0.0574. The van der Waals surface area contributed by atoms with Crippen LogP contribution in [0.2, 0.25) is 0 Å². The first kappa shape index (κ1) is 12.2. The zero-order chi connectivity index (χ0) is 12.1. The number of hydrogen-bond acceptors (Lipinski definition) is 4. The number of nitrogens with zero attached hydrogens (tertiary/aromatic N) is 2. The van der Waals surface area contributed by atoms with E-state index in [0.717, 1.165) is 18.8 Å².